The summed E-state index contributed by atoms with van der Waals surface area (Å²) >= 11 is 0.230. The number of carboxylic acid groups (broad SMARTS) is 2. The molecule has 11 heavy (non-hydrogen) atoms. The van der Waals surface area contributed by atoms with E-state index in [1.54, 1.807) is 0 Å². The minimum absolute atomic E-state index is 0.230. The van der Waals surface area contributed by atoms with E-state index in [4.69, 9.17) is 19.8 Å². The maximum atomic E-state index is 8.67. The third-order valence-corrected chi connectivity index (χ3v) is 0. The summed E-state index contributed by atoms with van der Waals surface area (Å²) in [4.78, 5) is 21.9. The van der Waals surface area contributed by atoms with E-state index in [1.165, 1.54) is 0 Å². The summed E-state index contributed by atoms with van der Waals surface area (Å²) in [5.41, 5.74) is 7.83. The Hall–Kier alpha value is -0.661. The third kappa shape index (κ3) is 1150. The van der Waals surface area contributed by atoms with E-state index in [-0.39, 0.29) is 21.1 Å². The first kappa shape index (κ1) is 16.7. The van der Waals surface area contributed by atoms with Gasteiger partial charge in [0.15, 0.2) is 0 Å². The monoisotopic (exact) mass is 270 g/mol. The molecule has 0 radical (unpaired) electrons. The molecule has 0 aliphatic rings. The summed E-state index contributed by atoms with van der Waals surface area (Å²) in [7, 11) is 0. The summed E-state index contributed by atoms with van der Waals surface area (Å²) in [6.45, 7) is 0. The van der Waals surface area contributed by atoms with Crippen LogP contribution in [0.2, 0.25) is 9.88 Å². The standard InChI is InChI=1S/2CH3NO2.2CH3.Sn/c2*2-1(3)4;;;/h2*2H2,(H,3,4);2*1H3;/q;;;;+2/p-2. The van der Waals surface area contributed by atoms with Crippen LogP contribution in [-0.2, 0) is 0 Å². The average molecular weight is 269 g/mol. The van der Waals surface area contributed by atoms with Crippen molar-refractivity contribution in [2.45, 2.75) is 9.88 Å². The van der Waals surface area contributed by atoms with Gasteiger partial charge in [-0.1, -0.05) is 0 Å². The molecule has 0 saturated carbocycles. The summed E-state index contributed by atoms with van der Waals surface area (Å²) < 4.78 is 0. The van der Waals surface area contributed by atoms with Crippen LogP contribution in [0.5, 0.6) is 0 Å². The second-order valence-electron chi connectivity index (χ2n) is 1.14. The van der Waals surface area contributed by atoms with Crippen molar-refractivity contribution in [2.75, 3.05) is 0 Å². The van der Waals surface area contributed by atoms with E-state index in [0.717, 1.165) is 0 Å². The zero-order valence-electron chi connectivity index (χ0n) is 6.29. The Kier molecular flexibility index (Phi) is 24.6. The Morgan fingerprint density at radius 1 is 1.09 bits per heavy atom. The zero-order chi connectivity index (χ0) is 9.86. The van der Waals surface area contributed by atoms with Crippen molar-refractivity contribution in [3.8, 4) is 0 Å². The van der Waals surface area contributed by atoms with Gasteiger partial charge in [-0.2, -0.15) is 0 Å². The molecule has 64 valence electrons. The molecule has 0 rings (SSSR count). The van der Waals surface area contributed by atoms with Crippen LogP contribution >= 0.6 is 0 Å². The second kappa shape index (κ2) is 16.2. The number of carbonyl (C=O) groups excluding carboxylic acids is 2. The first-order chi connectivity index (χ1) is 4.88. The Morgan fingerprint density at radius 3 is 1.09 bits per heavy atom. The Morgan fingerprint density at radius 2 is 1.09 bits per heavy atom. The van der Waals surface area contributed by atoms with E-state index in [1.807, 2.05) is 0 Å². The van der Waals surface area contributed by atoms with Crippen molar-refractivity contribution in [3.05, 3.63) is 0 Å². The zero-order valence-corrected chi connectivity index (χ0v) is 9.14. The topological polar surface area (TPSA) is 132 Å². The Labute approximate surface area is 74.8 Å². The van der Waals surface area contributed by atoms with E-state index in [2.05, 4.69) is 21.3 Å². The van der Waals surface area contributed by atoms with Crippen LogP contribution in [0.1, 0.15) is 0 Å². The van der Waals surface area contributed by atoms with Gasteiger partial charge in [0, 0.05) is 0 Å². The van der Waals surface area contributed by atoms with Crippen molar-refractivity contribution in [1.29, 1.82) is 0 Å². The Balaban J connectivity index is -0.0000000886. The summed E-state index contributed by atoms with van der Waals surface area (Å²) in [6, 6.07) is 0. The van der Waals surface area contributed by atoms with Gasteiger partial charge in [-0.15, -0.1) is 0 Å². The van der Waals surface area contributed by atoms with E-state index in [0.29, 0.717) is 0 Å². The van der Waals surface area contributed by atoms with Crippen LogP contribution in [0.4, 0.5) is 9.59 Å². The molecule has 6 nitrogen and oxygen atoms in total. The molecular formula is C4H10N2O4Sn. The molecule has 0 fully saturated rings. The fourth-order valence-electron chi connectivity index (χ4n) is 0. The molecule has 0 spiro atoms. The minimum atomic E-state index is -1.58. The molecular weight excluding hydrogens is 259 g/mol. The predicted molar refractivity (Wildman–Crippen MR) is 36.6 cm³/mol. The first-order valence-corrected chi connectivity index (χ1v) is 8.10. The average Bonchev–Trinajstić information content (AvgIpc) is 1.60. The van der Waals surface area contributed by atoms with Crippen molar-refractivity contribution in [3.63, 3.8) is 0 Å². The number of amides is 2. The van der Waals surface area contributed by atoms with Gasteiger partial charge in [0.25, 0.3) is 0 Å². The predicted octanol–water partition coefficient (Wildman–Crippen LogP) is -2.64. The van der Waals surface area contributed by atoms with Gasteiger partial charge in [-0.3, -0.25) is 0 Å². The van der Waals surface area contributed by atoms with E-state index in [9.17, 15) is 0 Å². The van der Waals surface area contributed by atoms with Gasteiger partial charge in [0.05, 0.1) is 0 Å². The molecule has 0 unspecified atom stereocenters. The number of hydrogen-bond donors (Lipinski definition) is 2. The number of rotatable bonds is 0. The van der Waals surface area contributed by atoms with Crippen molar-refractivity contribution < 1.29 is 19.8 Å². The normalized spacial score (nSPS) is 5.27. The van der Waals surface area contributed by atoms with Crippen LogP contribution < -0.4 is 21.7 Å². The van der Waals surface area contributed by atoms with Crippen molar-refractivity contribution in [1.82, 2.24) is 0 Å². The molecule has 0 saturated heterocycles. The molecule has 0 atom stereocenters. The molecule has 0 bridgehead atoms. The van der Waals surface area contributed by atoms with Crippen LogP contribution in [0.25, 0.3) is 0 Å². The van der Waals surface area contributed by atoms with Gasteiger partial charge in [0.2, 0.25) is 0 Å². The second-order valence-corrected chi connectivity index (χ2v) is 3.99. The molecule has 2 amide bonds. The maximum absolute atomic E-state index is 8.67. The summed E-state index contributed by atoms with van der Waals surface area (Å²) in [5.74, 6) is 0. The SMILES string of the molecule is NC(=O)[O-].NC(=O)[O-].[CH3][Sn+2][CH3]. The molecule has 7 heteroatoms. The third-order valence-electron chi connectivity index (χ3n) is 0. The molecule has 0 aromatic heterocycles. The Bertz CT molecular complexity index is 88.3. The molecule has 4 N–H and O–H groups in total. The number of carbonyl (C=O) groups is 2. The van der Waals surface area contributed by atoms with E-state index >= 15 is 0 Å². The van der Waals surface area contributed by atoms with Crippen LogP contribution in [0, 0.1) is 0 Å². The summed E-state index contributed by atoms with van der Waals surface area (Å²) in [6.07, 6.45) is -3.17. The number of primary amides is 2. The molecule has 0 aromatic carbocycles. The van der Waals surface area contributed by atoms with Gasteiger partial charge < -0.3 is 31.3 Å². The van der Waals surface area contributed by atoms with Crippen LogP contribution in [0.3, 0.4) is 0 Å². The van der Waals surface area contributed by atoms with Gasteiger partial charge in [-0.25, -0.2) is 0 Å². The summed E-state index contributed by atoms with van der Waals surface area (Å²) in [5, 5.41) is 17.3. The van der Waals surface area contributed by atoms with Crippen LogP contribution in [0.15, 0.2) is 0 Å². The molecule has 0 aliphatic carbocycles. The van der Waals surface area contributed by atoms with E-state index < -0.39 is 12.2 Å². The number of hydrogen-bond acceptors (Lipinski definition) is 4. The quantitative estimate of drug-likeness (QED) is 0.465. The molecule has 0 aromatic rings. The fraction of sp³-hybridized carbons (Fsp3) is 0.500. The number of nitrogens with two attached hydrogens (primary N) is 2. The van der Waals surface area contributed by atoms with Gasteiger partial charge >= 0.3 is 31.0 Å². The first-order valence-electron chi connectivity index (χ1n) is 2.39. The van der Waals surface area contributed by atoms with Gasteiger partial charge in [-0.05, 0) is 0 Å². The molecule has 0 heterocycles. The fourth-order valence-corrected chi connectivity index (χ4v) is 0. The van der Waals surface area contributed by atoms with Crippen molar-refractivity contribution in [2.24, 2.45) is 11.5 Å². The van der Waals surface area contributed by atoms with Gasteiger partial charge in [0.1, 0.15) is 12.2 Å². The van der Waals surface area contributed by atoms with Crippen molar-refractivity contribution >= 4 is 33.3 Å². The van der Waals surface area contributed by atoms with Crippen LogP contribution in [-0.4, -0.2) is 33.3 Å². The molecule has 0 aliphatic heterocycles.